The van der Waals surface area contributed by atoms with Gasteiger partial charge in [0.15, 0.2) is 0 Å². The number of allylic oxidation sites excluding steroid dienone is 6. The quantitative estimate of drug-likeness (QED) is 0.376. The summed E-state index contributed by atoms with van der Waals surface area (Å²) in [5, 5.41) is 4.26. The van der Waals surface area contributed by atoms with Gasteiger partial charge in [0.25, 0.3) is 0 Å². The summed E-state index contributed by atoms with van der Waals surface area (Å²) in [7, 11) is 0. The Hall–Kier alpha value is -2.48. The molecule has 1 aliphatic heterocycles. The van der Waals surface area contributed by atoms with Gasteiger partial charge in [0.05, 0.1) is 11.5 Å². The summed E-state index contributed by atoms with van der Waals surface area (Å²) >= 11 is 6.13. The molecule has 4 fully saturated rings. The summed E-state index contributed by atoms with van der Waals surface area (Å²) in [5.74, 6) is 4.01. The highest BCUT2D eigenvalue weighted by molar-refractivity contribution is 6.30. The van der Waals surface area contributed by atoms with Gasteiger partial charge in [-0.15, -0.1) is 5.73 Å². The molecule has 1 heterocycles. The van der Waals surface area contributed by atoms with Crippen LogP contribution in [-0.2, 0) is 4.79 Å². The Morgan fingerprint density at radius 2 is 1.88 bits per heavy atom. The SMILES string of the molecule is C=C=CC1CC(=O)C(C)(C2=CC=CC=CN2)[C@@H]2C[C@H](C)[C@H]3[C@@H]4C[C@H](Oc5ccc(Cl)cc5)C[C@@]4(C)CC[C@@H]3[C@@]12C. The molecule has 4 aliphatic carbocycles. The fourth-order valence-electron chi connectivity index (χ4n) is 10.3. The molecule has 3 nitrogen and oxygen atoms in total. The third-order valence-corrected chi connectivity index (χ3v) is 12.4. The number of rotatable bonds is 4. The van der Waals surface area contributed by atoms with E-state index in [9.17, 15) is 4.79 Å². The van der Waals surface area contributed by atoms with Crippen molar-refractivity contribution in [2.45, 2.75) is 72.3 Å². The van der Waals surface area contributed by atoms with Crippen LogP contribution in [0.2, 0.25) is 5.02 Å². The third kappa shape index (κ3) is 4.19. The summed E-state index contributed by atoms with van der Waals surface area (Å²) < 4.78 is 6.58. The normalized spacial score (nSPS) is 43.8. The maximum atomic E-state index is 14.1. The lowest BCUT2D eigenvalue weighted by atomic mass is 9.37. The Kier molecular flexibility index (Phi) is 6.99. The van der Waals surface area contributed by atoms with Gasteiger partial charge in [-0.1, -0.05) is 51.1 Å². The van der Waals surface area contributed by atoms with E-state index in [0.717, 1.165) is 35.7 Å². The maximum Gasteiger partial charge on any atom is 0.145 e. The van der Waals surface area contributed by atoms with Gasteiger partial charge >= 0.3 is 0 Å². The number of fused-ring (bicyclic) bond motifs is 5. The average molecular weight is 558 g/mol. The minimum atomic E-state index is -0.546. The predicted octanol–water partition coefficient (Wildman–Crippen LogP) is 8.69. The van der Waals surface area contributed by atoms with Crippen LogP contribution < -0.4 is 10.1 Å². The topological polar surface area (TPSA) is 38.3 Å². The summed E-state index contributed by atoms with van der Waals surface area (Å²) in [6.07, 6.45) is 18.8. The van der Waals surface area contributed by atoms with E-state index in [4.69, 9.17) is 16.3 Å². The first-order valence-electron chi connectivity index (χ1n) is 15.2. The number of benzene rings is 1. The third-order valence-electron chi connectivity index (χ3n) is 12.2. The van der Waals surface area contributed by atoms with Gasteiger partial charge in [-0.25, -0.2) is 0 Å². The van der Waals surface area contributed by atoms with Gasteiger partial charge < -0.3 is 10.1 Å². The number of hydrogen-bond acceptors (Lipinski definition) is 3. The van der Waals surface area contributed by atoms with Crippen LogP contribution in [0, 0.1) is 51.8 Å². The van der Waals surface area contributed by atoms with E-state index in [1.54, 1.807) is 0 Å². The van der Waals surface area contributed by atoms with Crippen LogP contribution in [-0.4, -0.2) is 11.9 Å². The van der Waals surface area contributed by atoms with Crippen molar-refractivity contribution >= 4 is 17.4 Å². The van der Waals surface area contributed by atoms with E-state index in [2.05, 4.69) is 63.5 Å². The fraction of sp³-hybridized carbons (Fsp3) is 0.556. The molecule has 1 N–H and O–H groups in total. The number of Topliss-reactive ketones (excluding diaryl/α,β-unsaturated/α-hetero) is 1. The highest BCUT2D eigenvalue weighted by atomic mass is 35.5. The van der Waals surface area contributed by atoms with Crippen molar-refractivity contribution in [3.63, 3.8) is 0 Å². The van der Waals surface area contributed by atoms with Gasteiger partial charge in [0.2, 0.25) is 0 Å². The van der Waals surface area contributed by atoms with Crippen LogP contribution in [0.25, 0.3) is 0 Å². The Balaban J connectivity index is 1.36. The predicted molar refractivity (Wildman–Crippen MR) is 163 cm³/mol. The lowest BCUT2D eigenvalue weighted by Crippen LogP contribution is -2.64. The van der Waals surface area contributed by atoms with Crippen LogP contribution in [0.4, 0.5) is 0 Å². The zero-order chi connectivity index (χ0) is 28.3. The van der Waals surface area contributed by atoms with Crippen molar-refractivity contribution in [3.8, 4) is 5.75 Å². The summed E-state index contributed by atoms with van der Waals surface area (Å²) in [4.78, 5) is 14.1. The molecule has 4 saturated carbocycles. The Labute approximate surface area is 245 Å². The van der Waals surface area contributed by atoms with Crippen LogP contribution in [0.15, 0.2) is 78.9 Å². The summed E-state index contributed by atoms with van der Waals surface area (Å²) in [6, 6.07) is 7.83. The molecular formula is C36H44ClNO2. The van der Waals surface area contributed by atoms with E-state index in [1.165, 1.54) is 12.8 Å². The molecule has 4 heteroatoms. The first kappa shape index (κ1) is 27.7. The standard InChI is InChI=1S/C36H44ClNO2/c1-6-10-24-20-32(39)36(5,31-11-8-7-9-18-38-31)30-19-23(2)33-28(35(24,30)4)16-17-34(3)22-27(21-29(33)34)40-26-14-12-25(37)13-15-26/h7-15,18,23-24,27-30,33,38H,1,16-17,19-22H2,2-5H3/t23-,24?,27-,28-,29-,30+,33+,34+,35+,36?/m0/s1. The molecule has 1 aromatic carbocycles. The van der Waals surface area contributed by atoms with Crippen LogP contribution in [0.1, 0.15) is 66.2 Å². The fourth-order valence-corrected chi connectivity index (χ4v) is 10.4. The van der Waals surface area contributed by atoms with E-state index in [-0.39, 0.29) is 28.8 Å². The monoisotopic (exact) mass is 557 g/mol. The van der Waals surface area contributed by atoms with Crippen LogP contribution >= 0.6 is 11.6 Å². The number of ketones is 1. The van der Waals surface area contributed by atoms with Crippen molar-refractivity contribution in [1.82, 2.24) is 5.32 Å². The molecule has 2 unspecified atom stereocenters. The highest BCUT2D eigenvalue weighted by Gasteiger charge is 2.68. The van der Waals surface area contributed by atoms with Gasteiger partial charge in [-0.2, -0.15) is 0 Å². The molecule has 0 bridgehead atoms. The van der Waals surface area contributed by atoms with Crippen LogP contribution in [0.5, 0.6) is 5.75 Å². The van der Waals surface area contributed by atoms with Crippen LogP contribution in [0.3, 0.4) is 0 Å². The molecule has 0 spiro atoms. The number of nitrogens with one attached hydrogen (secondary N) is 1. The lowest BCUT2D eigenvalue weighted by molar-refractivity contribution is -0.182. The first-order valence-corrected chi connectivity index (χ1v) is 15.6. The number of carbonyl (C=O) groups is 1. The minimum Gasteiger partial charge on any atom is -0.490 e. The van der Waals surface area contributed by atoms with Crippen molar-refractivity contribution in [3.05, 3.63) is 83.9 Å². The molecule has 0 radical (unpaired) electrons. The maximum absolute atomic E-state index is 14.1. The average Bonchev–Trinajstić information content (AvgIpc) is 3.07. The Bertz CT molecular complexity index is 1300. The molecule has 0 saturated heterocycles. The van der Waals surface area contributed by atoms with Gasteiger partial charge in [-0.3, -0.25) is 4.79 Å². The number of ether oxygens (including phenoxy) is 1. The van der Waals surface area contributed by atoms with Gasteiger partial charge in [-0.05, 0) is 128 Å². The van der Waals surface area contributed by atoms with E-state index < -0.39 is 5.41 Å². The second-order valence-corrected chi connectivity index (χ2v) is 14.5. The lowest BCUT2D eigenvalue weighted by Gasteiger charge is -2.67. The molecule has 6 rings (SSSR count). The smallest absolute Gasteiger partial charge is 0.145 e. The van der Waals surface area contributed by atoms with Crippen molar-refractivity contribution in [2.24, 2.45) is 51.8 Å². The Morgan fingerprint density at radius 3 is 2.62 bits per heavy atom. The number of halogens is 1. The van der Waals surface area contributed by atoms with Gasteiger partial charge in [0.1, 0.15) is 11.5 Å². The number of hydrogen-bond donors (Lipinski definition) is 1. The first-order chi connectivity index (χ1) is 19.1. The number of carbonyl (C=O) groups excluding carboxylic acids is 1. The summed E-state index contributed by atoms with van der Waals surface area (Å²) in [5.41, 5.74) is 3.90. The largest absolute Gasteiger partial charge is 0.490 e. The Morgan fingerprint density at radius 1 is 1.10 bits per heavy atom. The van der Waals surface area contributed by atoms with E-state index in [0.29, 0.717) is 35.9 Å². The molecule has 5 aliphatic rings. The zero-order valence-electron chi connectivity index (χ0n) is 24.5. The molecule has 10 atom stereocenters. The molecular weight excluding hydrogens is 514 g/mol. The molecule has 40 heavy (non-hydrogen) atoms. The second-order valence-electron chi connectivity index (χ2n) is 14.0. The highest BCUT2D eigenvalue weighted by Crippen LogP contribution is 2.71. The van der Waals surface area contributed by atoms with Crippen molar-refractivity contribution in [2.75, 3.05) is 0 Å². The second kappa shape index (κ2) is 10.1. The van der Waals surface area contributed by atoms with E-state index in [1.807, 2.05) is 42.6 Å². The summed E-state index contributed by atoms with van der Waals surface area (Å²) in [6.45, 7) is 13.7. The minimum absolute atomic E-state index is 0.0107. The van der Waals surface area contributed by atoms with Gasteiger partial charge in [0, 0.05) is 23.3 Å². The van der Waals surface area contributed by atoms with E-state index >= 15 is 0 Å². The molecule has 0 aromatic heterocycles. The van der Waals surface area contributed by atoms with Crippen molar-refractivity contribution < 1.29 is 9.53 Å². The molecule has 212 valence electrons. The molecule has 0 amide bonds. The van der Waals surface area contributed by atoms with Crippen molar-refractivity contribution in [1.29, 1.82) is 0 Å². The molecule has 1 aromatic rings. The zero-order valence-corrected chi connectivity index (χ0v) is 25.2.